The Kier molecular flexibility index (Phi) is 3.03. The third kappa shape index (κ3) is 2.12. The highest BCUT2D eigenvalue weighted by atomic mass is 16.5. The first-order valence-corrected chi connectivity index (χ1v) is 6.61. The molecular formula is C15H17NO3. The van der Waals surface area contributed by atoms with E-state index in [0.717, 1.165) is 16.9 Å². The number of ether oxygens (including phenoxy) is 1. The molecule has 4 heteroatoms. The molecule has 0 bridgehead atoms. The van der Waals surface area contributed by atoms with Gasteiger partial charge in [-0.25, -0.2) is 0 Å². The third-order valence-electron chi connectivity index (χ3n) is 3.75. The number of rotatable bonds is 2. The quantitative estimate of drug-likeness (QED) is 0.787. The number of carbonyl (C=O) groups is 1. The molecule has 0 saturated heterocycles. The molecule has 2 atom stereocenters. The number of nitrogens with one attached hydrogen (secondary N) is 1. The van der Waals surface area contributed by atoms with Crippen LogP contribution in [0.4, 0.5) is 0 Å². The minimum Gasteiger partial charge on any atom is -0.491 e. The Morgan fingerprint density at radius 3 is 3.21 bits per heavy atom. The van der Waals surface area contributed by atoms with Crippen molar-refractivity contribution in [3.05, 3.63) is 46.8 Å². The summed E-state index contributed by atoms with van der Waals surface area (Å²) in [5, 5.41) is 13.2. The first kappa shape index (κ1) is 12.2. The Bertz CT molecular complexity index is 540. The highest BCUT2D eigenvalue weighted by molar-refractivity contribution is 5.76. The summed E-state index contributed by atoms with van der Waals surface area (Å²) in [4.78, 5) is 11.4. The highest BCUT2D eigenvalue weighted by Gasteiger charge is 2.34. The van der Waals surface area contributed by atoms with E-state index in [1.807, 2.05) is 18.2 Å². The van der Waals surface area contributed by atoms with Crippen molar-refractivity contribution in [2.45, 2.75) is 31.9 Å². The van der Waals surface area contributed by atoms with Gasteiger partial charge in [-0.1, -0.05) is 25.2 Å². The van der Waals surface area contributed by atoms with E-state index in [1.54, 1.807) is 6.92 Å². The molecule has 1 amide bonds. The van der Waals surface area contributed by atoms with Crippen molar-refractivity contribution >= 4 is 5.91 Å². The monoisotopic (exact) mass is 259 g/mol. The molecular weight excluding hydrogens is 242 g/mol. The minimum atomic E-state index is -0.668. The molecule has 2 aliphatic carbocycles. The maximum atomic E-state index is 11.4. The second-order valence-electron chi connectivity index (χ2n) is 5.00. The lowest BCUT2D eigenvalue weighted by atomic mass is 9.87. The van der Waals surface area contributed by atoms with Crippen molar-refractivity contribution in [1.29, 1.82) is 0 Å². The van der Waals surface area contributed by atoms with Crippen molar-refractivity contribution in [1.82, 2.24) is 5.32 Å². The average molecular weight is 259 g/mol. The van der Waals surface area contributed by atoms with E-state index >= 15 is 0 Å². The van der Waals surface area contributed by atoms with Crippen LogP contribution in [0.3, 0.4) is 0 Å². The van der Waals surface area contributed by atoms with Crippen LogP contribution < -0.4 is 5.32 Å². The largest absolute Gasteiger partial charge is 0.491 e. The van der Waals surface area contributed by atoms with Gasteiger partial charge in [0.2, 0.25) is 5.91 Å². The number of aliphatic hydroxyl groups is 1. The molecule has 0 aromatic heterocycles. The molecule has 0 saturated carbocycles. The fourth-order valence-corrected chi connectivity index (χ4v) is 2.63. The van der Waals surface area contributed by atoms with Crippen LogP contribution in [0.5, 0.6) is 0 Å². The number of hydrogen-bond acceptors (Lipinski definition) is 3. The van der Waals surface area contributed by atoms with Gasteiger partial charge < -0.3 is 15.2 Å². The average Bonchev–Trinajstić information content (AvgIpc) is 2.87. The van der Waals surface area contributed by atoms with Gasteiger partial charge in [-0.2, -0.15) is 0 Å². The zero-order valence-corrected chi connectivity index (χ0v) is 10.8. The lowest BCUT2D eigenvalue weighted by Gasteiger charge is -2.34. The van der Waals surface area contributed by atoms with Crippen LogP contribution in [0.25, 0.3) is 0 Å². The number of carbonyl (C=O) groups excluding carboxylic acids is 1. The van der Waals surface area contributed by atoms with Crippen molar-refractivity contribution in [3.63, 3.8) is 0 Å². The fourth-order valence-electron chi connectivity index (χ4n) is 2.63. The SMILES string of the molecule is CCC(=O)NC1COC2=C(CC3=CC=CC3=C2)C1O. The van der Waals surface area contributed by atoms with E-state index in [1.165, 1.54) is 5.57 Å². The second-order valence-corrected chi connectivity index (χ2v) is 5.00. The molecule has 0 aromatic carbocycles. The standard InChI is InChI=1S/C15H17NO3/c1-2-14(17)16-12-8-19-13-7-10-5-3-4-9(10)6-11(13)15(12)18/h3-5,7,12,15,18H,2,6,8H2,1H3,(H,16,17). The van der Waals surface area contributed by atoms with Gasteiger partial charge in [-0.15, -0.1) is 0 Å². The van der Waals surface area contributed by atoms with Gasteiger partial charge in [-0.05, 0) is 17.2 Å². The normalized spacial score (nSPS) is 28.1. The Morgan fingerprint density at radius 2 is 2.42 bits per heavy atom. The summed E-state index contributed by atoms with van der Waals surface area (Å²) in [7, 11) is 0. The maximum absolute atomic E-state index is 11.4. The van der Waals surface area contributed by atoms with E-state index in [9.17, 15) is 9.90 Å². The van der Waals surface area contributed by atoms with Crippen LogP contribution in [0, 0.1) is 0 Å². The molecule has 100 valence electrons. The lowest BCUT2D eigenvalue weighted by molar-refractivity contribution is -0.122. The van der Waals surface area contributed by atoms with E-state index in [0.29, 0.717) is 19.4 Å². The number of amides is 1. The first-order valence-electron chi connectivity index (χ1n) is 6.61. The third-order valence-corrected chi connectivity index (χ3v) is 3.75. The van der Waals surface area contributed by atoms with Crippen LogP contribution in [-0.4, -0.2) is 29.8 Å². The number of fused-ring (bicyclic) bond motifs is 1. The zero-order chi connectivity index (χ0) is 13.4. The zero-order valence-electron chi connectivity index (χ0n) is 10.8. The van der Waals surface area contributed by atoms with Crippen molar-refractivity contribution < 1.29 is 14.6 Å². The van der Waals surface area contributed by atoms with Crippen molar-refractivity contribution in [2.75, 3.05) is 6.61 Å². The second kappa shape index (κ2) is 4.70. The van der Waals surface area contributed by atoms with Crippen LogP contribution >= 0.6 is 0 Å². The van der Waals surface area contributed by atoms with Gasteiger partial charge in [0.05, 0.1) is 6.04 Å². The fraction of sp³-hybridized carbons (Fsp3) is 0.400. The number of hydrogen-bond donors (Lipinski definition) is 2. The maximum Gasteiger partial charge on any atom is 0.220 e. The highest BCUT2D eigenvalue weighted by Crippen LogP contribution is 2.37. The lowest BCUT2D eigenvalue weighted by Crippen LogP contribution is -2.49. The molecule has 3 aliphatic rings. The smallest absolute Gasteiger partial charge is 0.220 e. The first-order chi connectivity index (χ1) is 9.19. The molecule has 0 spiro atoms. The summed E-state index contributed by atoms with van der Waals surface area (Å²) >= 11 is 0. The van der Waals surface area contributed by atoms with Crippen LogP contribution in [0.2, 0.25) is 0 Å². The summed E-state index contributed by atoms with van der Waals surface area (Å²) in [6.45, 7) is 2.11. The molecule has 2 unspecified atom stereocenters. The summed E-state index contributed by atoms with van der Waals surface area (Å²) in [5.74, 6) is 0.693. The summed E-state index contributed by atoms with van der Waals surface area (Å²) in [5.41, 5.74) is 3.22. The van der Waals surface area contributed by atoms with Crippen LogP contribution in [0.1, 0.15) is 19.8 Å². The van der Waals surface area contributed by atoms with E-state index in [-0.39, 0.29) is 11.9 Å². The number of allylic oxidation sites excluding steroid dienone is 6. The predicted octanol–water partition coefficient (Wildman–Crippen LogP) is 1.35. The van der Waals surface area contributed by atoms with Crippen molar-refractivity contribution in [2.24, 2.45) is 0 Å². The molecule has 2 N–H and O–H groups in total. The summed E-state index contributed by atoms with van der Waals surface area (Å²) < 4.78 is 5.69. The number of aliphatic hydroxyl groups excluding tert-OH is 1. The molecule has 1 heterocycles. The molecule has 19 heavy (non-hydrogen) atoms. The van der Waals surface area contributed by atoms with Gasteiger partial charge in [0.25, 0.3) is 0 Å². The van der Waals surface area contributed by atoms with Gasteiger partial charge in [0.1, 0.15) is 18.5 Å². The van der Waals surface area contributed by atoms with E-state index in [4.69, 9.17) is 4.74 Å². The molecule has 0 aromatic rings. The summed E-state index contributed by atoms with van der Waals surface area (Å²) in [6.07, 6.45) is 8.49. The van der Waals surface area contributed by atoms with Gasteiger partial charge >= 0.3 is 0 Å². The van der Waals surface area contributed by atoms with Gasteiger partial charge in [0.15, 0.2) is 0 Å². The van der Waals surface area contributed by atoms with Crippen LogP contribution in [-0.2, 0) is 9.53 Å². The Morgan fingerprint density at radius 1 is 1.58 bits per heavy atom. The predicted molar refractivity (Wildman–Crippen MR) is 71.1 cm³/mol. The summed E-state index contributed by atoms with van der Waals surface area (Å²) in [6, 6.07) is -0.351. The molecule has 0 fully saturated rings. The molecule has 4 nitrogen and oxygen atoms in total. The van der Waals surface area contributed by atoms with Gasteiger partial charge in [0, 0.05) is 18.4 Å². The van der Waals surface area contributed by atoms with Gasteiger partial charge in [-0.3, -0.25) is 4.79 Å². The Labute approximate surface area is 112 Å². The Hall–Kier alpha value is -1.81. The van der Waals surface area contributed by atoms with Crippen molar-refractivity contribution in [3.8, 4) is 0 Å². The molecule has 1 aliphatic heterocycles. The van der Waals surface area contributed by atoms with Crippen LogP contribution in [0.15, 0.2) is 46.8 Å². The van der Waals surface area contributed by atoms with E-state index in [2.05, 4.69) is 11.4 Å². The topological polar surface area (TPSA) is 58.6 Å². The molecule has 3 rings (SSSR count). The van der Waals surface area contributed by atoms with E-state index < -0.39 is 6.10 Å². The Balaban J connectivity index is 1.82. The minimum absolute atomic E-state index is 0.0644. The molecule has 0 radical (unpaired) electrons.